The smallest absolute Gasteiger partial charge is 0.261 e. The predicted octanol–water partition coefficient (Wildman–Crippen LogP) is 3.05. The van der Waals surface area contributed by atoms with Crippen LogP contribution in [0.25, 0.3) is 0 Å². The van der Waals surface area contributed by atoms with Crippen molar-refractivity contribution < 1.29 is 9.59 Å². The number of para-hydroxylation sites is 1. The van der Waals surface area contributed by atoms with Crippen LogP contribution in [-0.2, 0) is 6.42 Å². The summed E-state index contributed by atoms with van der Waals surface area (Å²) < 4.78 is 0. The monoisotopic (exact) mass is 330 g/mol. The van der Waals surface area contributed by atoms with Gasteiger partial charge in [-0.2, -0.15) is 0 Å². The van der Waals surface area contributed by atoms with Crippen molar-refractivity contribution in [3.63, 3.8) is 0 Å². The van der Waals surface area contributed by atoms with E-state index in [0.717, 1.165) is 0 Å². The van der Waals surface area contributed by atoms with Gasteiger partial charge in [0.2, 0.25) is 0 Å². The first-order valence-electron chi connectivity index (χ1n) is 7.31. The van der Waals surface area contributed by atoms with E-state index in [-0.39, 0.29) is 17.3 Å². The number of halogens is 1. The molecule has 2 N–H and O–H groups in total. The second-order valence-corrected chi connectivity index (χ2v) is 6.18. The lowest BCUT2D eigenvalue weighted by Crippen LogP contribution is -2.29. The topological polar surface area (TPSA) is 79.0 Å². The van der Waals surface area contributed by atoms with Crippen molar-refractivity contribution in [3.8, 4) is 0 Å². The Morgan fingerprint density at radius 1 is 1.26 bits per heavy atom. The molecule has 5 nitrogen and oxygen atoms in total. The molecule has 0 unspecified atom stereocenters. The fraction of sp³-hybridized carbons (Fsp3) is 0.235. The van der Waals surface area contributed by atoms with Crippen LogP contribution in [-0.4, -0.2) is 16.7 Å². The largest absolute Gasteiger partial charge is 0.325 e. The van der Waals surface area contributed by atoms with Gasteiger partial charge in [-0.25, -0.2) is 0 Å². The van der Waals surface area contributed by atoms with Crippen molar-refractivity contribution in [2.45, 2.75) is 19.8 Å². The number of H-pyrrole nitrogens is 1. The third-order valence-electron chi connectivity index (χ3n) is 3.88. The third kappa shape index (κ3) is 3.05. The van der Waals surface area contributed by atoms with Gasteiger partial charge >= 0.3 is 0 Å². The fourth-order valence-corrected chi connectivity index (χ4v) is 2.93. The summed E-state index contributed by atoms with van der Waals surface area (Å²) >= 11 is 6.00. The Bertz CT molecular complexity index is 857. The number of pyridine rings is 1. The van der Waals surface area contributed by atoms with Gasteiger partial charge in [-0.3, -0.25) is 14.4 Å². The van der Waals surface area contributed by atoms with E-state index in [1.54, 1.807) is 24.3 Å². The number of carbonyl (C=O) groups is 2. The van der Waals surface area contributed by atoms with E-state index < -0.39 is 11.5 Å². The molecule has 0 saturated heterocycles. The summed E-state index contributed by atoms with van der Waals surface area (Å²) in [5.74, 6) is -0.455. The normalized spacial score (nSPS) is 16.8. The molecular formula is C17H15ClN2O3. The van der Waals surface area contributed by atoms with Crippen molar-refractivity contribution in [3.05, 3.63) is 62.5 Å². The Kier molecular flexibility index (Phi) is 4.05. The molecule has 0 fully saturated rings. The molecule has 3 rings (SSSR count). The van der Waals surface area contributed by atoms with E-state index in [9.17, 15) is 14.4 Å². The molecule has 118 valence electrons. The van der Waals surface area contributed by atoms with Crippen LogP contribution in [0.2, 0.25) is 5.02 Å². The van der Waals surface area contributed by atoms with E-state index in [0.29, 0.717) is 34.8 Å². The van der Waals surface area contributed by atoms with Gasteiger partial charge in [0.15, 0.2) is 5.78 Å². The maximum absolute atomic E-state index is 12.3. The van der Waals surface area contributed by atoms with Crippen LogP contribution >= 0.6 is 11.6 Å². The summed E-state index contributed by atoms with van der Waals surface area (Å²) in [4.78, 5) is 39.3. The Balaban J connectivity index is 1.96. The second-order valence-electron chi connectivity index (χ2n) is 5.77. The minimum atomic E-state index is -0.589. The van der Waals surface area contributed by atoms with Crippen molar-refractivity contribution in [1.82, 2.24) is 4.98 Å². The highest BCUT2D eigenvalue weighted by atomic mass is 35.5. The summed E-state index contributed by atoms with van der Waals surface area (Å²) in [7, 11) is 0. The molecule has 0 aliphatic heterocycles. The molecule has 1 heterocycles. The standard InChI is InChI=1S/C17H15ClN2O3/c1-9-6-14-10(15(21)7-9)8-11(17(23)20-14)16(22)19-13-5-3-2-4-12(13)18/h2-5,8-9H,6-7H2,1H3,(H,19,22)(H,20,23)/t9-/m1/s1. The molecule has 1 amide bonds. The zero-order valence-electron chi connectivity index (χ0n) is 12.5. The molecule has 0 radical (unpaired) electrons. The maximum atomic E-state index is 12.3. The number of aromatic nitrogens is 1. The van der Waals surface area contributed by atoms with Gasteiger partial charge in [-0.05, 0) is 30.5 Å². The first-order chi connectivity index (χ1) is 11.0. The highest BCUT2D eigenvalue weighted by molar-refractivity contribution is 6.33. The lowest BCUT2D eigenvalue weighted by molar-refractivity contribution is 0.0952. The molecule has 1 aromatic heterocycles. The first kappa shape index (κ1) is 15.5. The summed E-state index contributed by atoms with van der Waals surface area (Å²) in [6.07, 6.45) is 1.05. The Morgan fingerprint density at radius 3 is 2.74 bits per heavy atom. The third-order valence-corrected chi connectivity index (χ3v) is 4.21. The summed E-state index contributed by atoms with van der Waals surface area (Å²) in [5.41, 5.74) is 0.845. The molecule has 1 aromatic carbocycles. The van der Waals surface area contributed by atoms with Crippen molar-refractivity contribution >= 4 is 29.0 Å². The number of anilines is 1. The summed E-state index contributed by atoms with van der Waals surface area (Å²) in [5, 5.41) is 2.97. The van der Waals surface area contributed by atoms with E-state index in [4.69, 9.17) is 11.6 Å². The van der Waals surface area contributed by atoms with Gasteiger partial charge in [-0.15, -0.1) is 0 Å². The zero-order valence-corrected chi connectivity index (χ0v) is 13.2. The SMILES string of the molecule is C[C@H]1CC(=O)c2cc(C(=O)Nc3ccccc3Cl)c(=O)[nH]c2C1. The molecule has 23 heavy (non-hydrogen) atoms. The van der Waals surface area contributed by atoms with E-state index >= 15 is 0 Å². The molecular weight excluding hydrogens is 316 g/mol. The minimum Gasteiger partial charge on any atom is -0.325 e. The molecule has 1 aliphatic carbocycles. The number of fused-ring (bicyclic) bond motifs is 1. The number of hydrogen-bond acceptors (Lipinski definition) is 3. The molecule has 0 saturated carbocycles. The predicted molar refractivity (Wildman–Crippen MR) is 88.3 cm³/mol. The lowest BCUT2D eigenvalue weighted by Gasteiger charge is -2.20. The lowest BCUT2D eigenvalue weighted by atomic mass is 9.86. The van der Waals surface area contributed by atoms with Gasteiger partial charge in [0.25, 0.3) is 11.5 Å². The molecule has 1 atom stereocenters. The van der Waals surface area contributed by atoms with Gasteiger partial charge in [0.05, 0.1) is 10.7 Å². The summed E-state index contributed by atoms with van der Waals surface area (Å²) in [6.45, 7) is 1.96. The van der Waals surface area contributed by atoms with Crippen LogP contribution in [0.5, 0.6) is 0 Å². The molecule has 1 aliphatic rings. The van der Waals surface area contributed by atoms with Crippen LogP contribution in [0.1, 0.15) is 39.8 Å². The van der Waals surface area contributed by atoms with Crippen LogP contribution in [0.3, 0.4) is 0 Å². The van der Waals surface area contributed by atoms with Crippen molar-refractivity contribution in [2.24, 2.45) is 5.92 Å². The zero-order chi connectivity index (χ0) is 16.6. The quantitative estimate of drug-likeness (QED) is 0.888. The Morgan fingerprint density at radius 2 is 2.00 bits per heavy atom. The van der Waals surface area contributed by atoms with Gasteiger partial charge < -0.3 is 10.3 Å². The number of rotatable bonds is 2. The van der Waals surface area contributed by atoms with Gasteiger partial charge in [0.1, 0.15) is 5.56 Å². The number of ketones is 1. The second kappa shape index (κ2) is 6.01. The number of nitrogens with one attached hydrogen (secondary N) is 2. The fourth-order valence-electron chi connectivity index (χ4n) is 2.75. The van der Waals surface area contributed by atoms with Crippen LogP contribution in [0.4, 0.5) is 5.69 Å². The number of amides is 1. The van der Waals surface area contributed by atoms with Gasteiger partial charge in [-0.1, -0.05) is 30.7 Å². The van der Waals surface area contributed by atoms with Crippen LogP contribution < -0.4 is 10.9 Å². The molecule has 2 aromatic rings. The number of hydrogen-bond donors (Lipinski definition) is 2. The first-order valence-corrected chi connectivity index (χ1v) is 7.68. The molecule has 0 bridgehead atoms. The number of benzene rings is 1. The van der Waals surface area contributed by atoms with Crippen molar-refractivity contribution in [2.75, 3.05) is 5.32 Å². The number of Topliss-reactive ketones (excluding diaryl/α,β-unsaturated/α-hetero) is 1. The van der Waals surface area contributed by atoms with Gasteiger partial charge in [0, 0.05) is 17.7 Å². The van der Waals surface area contributed by atoms with Crippen LogP contribution in [0.15, 0.2) is 35.1 Å². The number of aromatic amines is 1. The van der Waals surface area contributed by atoms with E-state index in [2.05, 4.69) is 10.3 Å². The average Bonchev–Trinajstić information content (AvgIpc) is 2.48. The maximum Gasteiger partial charge on any atom is 0.261 e. The Hall–Kier alpha value is -2.40. The van der Waals surface area contributed by atoms with Crippen LogP contribution in [0, 0.1) is 5.92 Å². The highest BCUT2D eigenvalue weighted by Crippen LogP contribution is 2.24. The van der Waals surface area contributed by atoms with E-state index in [1.807, 2.05) is 6.92 Å². The Labute approximate surface area is 137 Å². The number of carbonyl (C=O) groups excluding carboxylic acids is 2. The van der Waals surface area contributed by atoms with Crippen molar-refractivity contribution in [1.29, 1.82) is 0 Å². The average molecular weight is 331 g/mol. The van der Waals surface area contributed by atoms with E-state index in [1.165, 1.54) is 6.07 Å². The molecule has 6 heteroatoms. The highest BCUT2D eigenvalue weighted by Gasteiger charge is 2.25. The summed E-state index contributed by atoms with van der Waals surface area (Å²) in [6, 6.07) is 8.13. The molecule has 0 spiro atoms. The minimum absolute atomic E-state index is 0.0539.